The average molecular weight is 280 g/mol. The van der Waals surface area contributed by atoms with E-state index in [-0.39, 0.29) is 0 Å². The smallest absolute Gasteiger partial charge is 0.161 e. The van der Waals surface area contributed by atoms with Crippen LogP contribution in [-0.2, 0) is 0 Å². The molecule has 0 unspecified atom stereocenters. The molecule has 0 saturated carbocycles. The van der Waals surface area contributed by atoms with Crippen LogP contribution in [0.4, 0.5) is 0 Å². The van der Waals surface area contributed by atoms with Crippen molar-refractivity contribution in [1.82, 2.24) is 19.9 Å². The summed E-state index contributed by atoms with van der Waals surface area (Å²) < 4.78 is 2.29. The maximum absolute atomic E-state index is 4.54. The molecule has 1 saturated heterocycles. The predicted molar refractivity (Wildman–Crippen MR) is 84.8 cm³/mol. The third-order valence-corrected chi connectivity index (χ3v) is 4.65. The van der Waals surface area contributed by atoms with Crippen molar-refractivity contribution in [2.24, 2.45) is 0 Å². The van der Waals surface area contributed by atoms with Gasteiger partial charge in [0, 0.05) is 11.3 Å². The lowest BCUT2D eigenvalue weighted by Gasteiger charge is -2.22. The van der Waals surface area contributed by atoms with Crippen LogP contribution in [0, 0.1) is 13.8 Å². The summed E-state index contributed by atoms with van der Waals surface area (Å²) in [4.78, 5) is 0. The summed E-state index contributed by atoms with van der Waals surface area (Å²) in [5, 5.41) is 13.7. The fourth-order valence-electron chi connectivity index (χ4n) is 3.52. The molecule has 3 aromatic rings. The number of nitrogens with zero attached hydrogens (tertiary/aromatic N) is 3. The van der Waals surface area contributed by atoms with E-state index in [9.17, 15) is 0 Å². The second kappa shape index (κ2) is 4.81. The van der Waals surface area contributed by atoms with Gasteiger partial charge in [-0.1, -0.05) is 18.2 Å². The van der Waals surface area contributed by atoms with E-state index < -0.39 is 0 Å². The Balaban J connectivity index is 2.05. The Hall–Kier alpha value is -1.94. The number of para-hydroxylation sites is 1. The number of aromatic nitrogens is 3. The van der Waals surface area contributed by atoms with E-state index in [0.29, 0.717) is 5.92 Å². The molecule has 1 aliphatic rings. The van der Waals surface area contributed by atoms with Crippen LogP contribution in [0.1, 0.15) is 35.7 Å². The lowest BCUT2D eigenvalue weighted by atomic mass is 9.97. The molecule has 1 aromatic carbocycles. The van der Waals surface area contributed by atoms with Gasteiger partial charge < -0.3 is 5.32 Å². The molecule has 0 atom stereocenters. The minimum Gasteiger partial charge on any atom is -0.317 e. The number of hydrogen-bond donors (Lipinski definition) is 1. The van der Waals surface area contributed by atoms with Crippen LogP contribution in [0.25, 0.3) is 16.6 Å². The van der Waals surface area contributed by atoms with E-state index in [0.717, 1.165) is 37.4 Å². The SMILES string of the molecule is Cc1cc2nnc(C3CCNCC3)n2c2c(C)cccc12. The zero-order valence-electron chi connectivity index (χ0n) is 12.6. The van der Waals surface area contributed by atoms with Gasteiger partial charge in [0.05, 0.1) is 5.52 Å². The summed E-state index contributed by atoms with van der Waals surface area (Å²) >= 11 is 0. The second-order valence-corrected chi connectivity index (χ2v) is 6.07. The van der Waals surface area contributed by atoms with Crippen LogP contribution in [0.2, 0.25) is 0 Å². The number of pyridine rings is 1. The molecule has 0 amide bonds. The van der Waals surface area contributed by atoms with Gasteiger partial charge >= 0.3 is 0 Å². The molecule has 1 aliphatic heterocycles. The topological polar surface area (TPSA) is 42.2 Å². The van der Waals surface area contributed by atoms with Crippen molar-refractivity contribution in [1.29, 1.82) is 0 Å². The lowest BCUT2D eigenvalue weighted by Crippen LogP contribution is -2.27. The number of piperidine rings is 1. The van der Waals surface area contributed by atoms with Gasteiger partial charge in [0.2, 0.25) is 0 Å². The molecule has 4 nitrogen and oxygen atoms in total. The van der Waals surface area contributed by atoms with Crippen LogP contribution >= 0.6 is 0 Å². The molecule has 2 aromatic heterocycles. The molecule has 4 rings (SSSR count). The zero-order chi connectivity index (χ0) is 14.4. The van der Waals surface area contributed by atoms with Crippen LogP contribution in [0.5, 0.6) is 0 Å². The highest BCUT2D eigenvalue weighted by Gasteiger charge is 2.22. The summed E-state index contributed by atoms with van der Waals surface area (Å²) in [6, 6.07) is 8.65. The van der Waals surface area contributed by atoms with Gasteiger partial charge in [-0.15, -0.1) is 10.2 Å². The molecule has 108 valence electrons. The third-order valence-electron chi connectivity index (χ3n) is 4.65. The molecule has 1 N–H and O–H groups in total. The number of benzene rings is 1. The minimum atomic E-state index is 0.506. The first-order chi connectivity index (χ1) is 10.3. The Morgan fingerprint density at radius 3 is 2.71 bits per heavy atom. The summed E-state index contributed by atoms with van der Waals surface area (Å²) in [5.41, 5.74) is 4.80. The van der Waals surface area contributed by atoms with Gasteiger partial charge in [0.25, 0.3) is 0 Å². The summed E-state index contributed by atoms with van der Waals surface area (Å²) in [5.74, 6) is 1.64. The Morgan fingerprint density at radius 2 is 1.90 bits per heavy atom. The normalized spacial score (nSPS) is 16.9. The fraction of sp³-hybridized carbons (Fsp3) is 0.412. The van der Waals surface area contributed by atoms with Crippen molar-refractivity contribution in [3.05, 3.63) is 41.2 Å². The molecular weight excluding hydrogens is 260 g/mol. The molecular formula is C17H20N4. The summed E-state index contributed by atoms with van der Waals surface area (Å²) in [7, 11) is 0. The van der Waals surface area contributed by atoms with Crippen molar-refractivity contribution in [2.45, 2.75) is 32.6 Å². The Kier molecular flexibility index (Phi) is 2.93. The average Bonchev–Trinajstić information content (AvgIpc) is 2.92. The van der Waals surface area contributed by atoms with E-state index >= 15 is 0 Å². The minimum absolute atomic E-state index is 0.506. The first-order valence-corrected chi connectivity index (χ1v) is 7.70. The van der Waals surface area contributed by atoms with E-state index in [1.807, 2.05) is 0 Å². The molecule has 0 radical (unpaired) electrons. The number of nitrogens with one attached hydrogen (secondary N) is 1. The van der Waals surface area contributed by atoms with E-state index in [1.54, 1.807) is 0 Å². The van der Waals surface area contributed by atoms with Crippen LogP contribution < -0.4 is 5.32 Å². The van der Waals surface area contributed by atoms with Gasteiger partial charge in [-0.2, -0.15) is 0 Å². The van der Waals surface area contributed by atoms with Crippen LogP contribution in [0.3, 0.4) is 0 Å². The zero-order valence-corrected chi connectivity index (χ0v) is 12.6. The highest BCUT2D eigenvalue weighted by atomic mass is 15.3. The quantitative estimate of drug-likeness (QED) is 0.745. The maximum Gasteiger partial charge on any atom is 0.161 e. The molecule has 1 fully saturated rings. The van der Waals surface area contributed by atoms with Crippen LogP contribution in [-0.4, -0.2) is 27.7 Å². The predicted octanol–water partition coefficient (Wildman–Crippen LogP) is 2.97. The van der Waals surface area contributed by atoms with E-state index in [1.165, 1.54) is 22.0 Å². The Morgan fingerprint density at radius 1 is 1.10 bits per heavy atom. The molecule has 21 heavy (non-hydrogen) atoms. The number of rotatable bonds is 1. The summed E-state index contributed by atoms with van der Waals surface area (Å²) in [6.07, 6.45) is 2.28. The van der Waals surface area contributed by atoms with Gasteiger partial charge in [0.15, 0.2) is 5.65 Å². The second-order valence-electron chi connectivity index (χ2n) is 6.07. The molecule has 3 heterocycles. The molecule has 0 bridgehead atoms. The van der Waals surface area contributed by atoms with Crippen molar-refractivity contribution in [2.75, 3.05) is 13.1 Å². The fourth-order valence-corrected chi connectivity index (χ4v) is 3.52. The van der Waals surface area contributed by atoms with E-state index in [2.05, 4.69) is 58.0 Å². The summed E-state index contributed by atoms with van der Waals surface area (Å²) in [6.45, 7) is 6.47. The Labute approximate surface area is 124 Å². The van der Waals surface area contributed by atoms with E-state index in [4.69, 9.17) is 0 Å². The first kappa shape index (κ1) is 12.8. The number of aryl methyl sites for hydroxylation is 2. The molecule has 0 spiro atoms. The Bertz CT molecular complexity index is 812. The highest BCUT2D eigenvalue weighted by molar-refractivity contribution is 5.88. The van der Waals surface area contributed by atoms with Gasteiger partial charge in [-0.25, -0.2) is 0 Å². The monoisotopic (exact) mass is 280 g/mol. The van der Waals surface area contributed by atoms with Crippen molar-refractivity contribution in [3.63, 3.8) is 0 Å². The van der Waals surface area contributed by atoms with Crippen molar-refractivity contribution >= 4 is 16.6 Å². The molecule has 4 heteroatoms. The third kappa shape index (κ3) is 1.94. The van der Waals surface area contributed by atoms with Gasteiger partial charge in [-0.3, -0.25) is 4.40 Å². The largest absolute Gasteiger partial charge is 0.317 e. The highest BCUT2D eigenvalue weighted by Crippen LogP contribution is 2.29. The maximum atomic E-state index is 4.54. The van der Waals surface area contributed by atoms with Crippen molar-refractivity contribution < 1.29 is 0 Å². The van der Waals surface area contributed by atoms with Gasteiger partial charge in [-0.05, 0) is 57.0 Å². The number of hydrogen-bond acceptors (Lipinski definition) is 3. The lowest BCUT2D eigenvalue weighted by molar-refractivity contribution is 0.443. The van der Waals surface area contributed by atoms with Gasteiger partial charge in [0.1, 0.15) is 5.82 Å². The van der Waals surface area contributed by atoms with Crippen molar-refractivity contribution in [3.8, 4) is 0 Å². The standard InChI is InChI=1S/C17H20N4/c1-11-4-3-5-14-12(2)10-15-19-20-17(21(15)16(11)14)13-6-8-18-9-7-13/h3-5,10,13,18H,6-9H2,1-2H3. The number of fused-ring (bicyclic) bond motifs is 3. The van der Waals surface area contributed by atoms with Crippen LogP contribution in [0.15, 0.2) is 24.3 Å². The first-order valence-electron chi connectivity index (χ1n) is 7.70. The molecule has 0 aliphatic carbocycles.